The van der Waals surface area contributed by atoms with Crippen LogP contribution in [0.4, 0.5) is 4.39 Å². The Morgan fingerprint density at radius 1 is 0.968 bits per heavy atom. The van der Waals surface area contributed by atoms with E-state index in [4.69, 9.17) is 4.98 Å². The number of pyridine rings is 1. The molecule has 1 aliphatic rings. The third-order valence-corrected chi connectivity index (χ3v) is 6.79. The highest BCUT2D eigenvalue weighted by molar-refractivity contribution is 5.98. The van der Waals surface area contributed by atoms with Crippen molar-refractivity contribution in [2.75, 3.05) is 0 Å². The van der Waals surface area contributed by atoms with Crippen molar-refractivity contribution in [2.24, 2.45) is 5.92 Å². The molecule has 0 radical (unpaired) electrons. The quantitative estimate of drug-likeness (QED) is 0.359. The summed E-state index contributed by atoms with van der Waals surface area (Å²) in [4.78, 5) is 9.39. The standard InChI is InChI=1S/C26H29FN4/c1-17-6-3-4-8-19(9-5-7-17)20-14-28-26-24(15-29-31(26)16-20)22-12-18(2)30-25-11-10-21(27)13-23(22)25/h10-17,19H,3-9H2,1-2H3. The molecule has 4 nitrogen and oxygen atoms in total. The smallest absolute Gasteiger partial charge is 0.162 e. The summed E-state index contributed by atoms with van der Waals surface area (Å²) in [7, 11) is 0. The van der Waals surface area contributed by atoms with E-state index in [1.165, 1.54) is 56.6 Å². The van der Waals surface area contributed by atoms with Gasteiger partial charge in [0, 0.05) is 29.0 Å². The molecule has 0 N–H and O–H groups in total. The van der Waals surface area contributed by atoms with Gasteiger partial charge in [-0.2, -0.15) is 5.10 Å². The maximum atomic E-state index is 14.0. The summed E-state index contributed by atoms with van der Waals surface area (Å²) >= 11 is 0. The number of hydrogen-bond donors (Lipinski definition) is 0. The number of aryl methyl sites for hydroxylation is 1. The summed E-state index contributed by atoms with van der Waals surface area (Å²) in [5.74, 6) is 1.13. The third kappa shape index (κ3) is 4.06. The van der Waals surface area contributed by atoms with Crippen molar-refractivity contribution < 1.29 is 4.39 Å². The second-order valence-corrected chi connectivity index (χ2v) is 9.20. The second kappa shape index (κ2) is 8.37. The van der Waals surface area contributed by atoms with Gasteiger partial charge >= 0.3 is 0 Å². The van der Waals surface area contributed by atoms with E-state index in [1.54, 1.807) is 12.1 Å². The first-order chi connectivity index (χ1) is 15.1. The number of fused-ring (bicyclic) bond motifs is 2. The minimum atomic E-state index is -0.263. The Kier molecular flexibility index (Phi) is 5.43. The fraction of sp³-hybridized carbons (Fsp3) is 0.423. The molecule has 5 rings (SSSR count). The molecule has 5 heteroatoms. The minimum Gasteiger partial charge on any atom is -0.253 e. The number of benzene rings is 1. The molecule has 1 aromatic carbocycles. The van der Waals surface area contributed by atoms with Crippen molar-refractivity contribution in [3.8, 4) is 11.1 Å². The van der Waals surface area contributed by atoms with Gasteiger partial charge in [0.15, 0.2) is 5.65 Å². The summed E-state index contributed by atoms with van der Waals surface area (Å²) in [5.41, 5.74) is 5.59. The van der Waals surface area contributed by atoms with Crippen LogP contribution in [0.5, 0.6) is 0 Å². The molecule has 1 fully saturated rings. The maximum absolute atomic E-state index is 14.0. The van der Waals surface area contributed by atoms with Gasteiger partial charge < -0.3 is 0 Å². The summed E-state index contributed by atoms with van der Waals surface area (Å²) in [6.07, 6.45) is 15.0. The monoisotopic (exact) mass is 416 g/mol. The van der Waals surface area contributed by atoms with Crippen molar-refractivity contribution in [1.82, 2.24) is 19.6 Å². The van der Waals surface area contributed by atoms with E-state index in [9.17, 15) is 4.39 Å². The van der Waals surface area contributed by atoms with E-state index in [0.717, 1.165) is 39.3 Å². The van der Waals surface area contributed by atoms with Crippen LogP contribution in [0.25, 0.3) is 27.7 Å². The zero-order valence-electron chi connectivity index (χ0n) is 18.3. The van der Waals surface area contributed by atoms with E-state index in [2.05, 4.69) is 23.2 Å². The van der Waals surface area contributed by atoms with E-state index < -0.39 is 0 Å². The van der Waals surface area contributed by atoms with Gasteiger partial charge in [0.25, 0.3) is 0 Å². The normalized spacial score (nSPS) is 20.5. The lowest BCUT2D eigenvalue weighted by atomic mass is 9.91. The molecular weight excluding hydrogens is 387 g/mol. The van der Waals surface area contributed by atoms with E-state index in [-0.39, 0.29) is 5.82 Å². The summed E-state index contributed by atoms with van der Waals surface area (Å²) in [6, 6.07) is 6.73. The van der Waals surface area contributed by atoms with Gasteiger partial charge in [-0.05, 0) is 67.0 Å². The van der Waals surface area contributed by atoms with E-state index in [0.29, 0.717) is 5.92 Å². The second-order valence-electron chi connectivity index (χ2n) is 9.20. The first-order valence-corrected chi connectivity index (χ1v) is 11.5. The molecule has 31 heavy (non-hydrogen) atoms. The van der Waals surface area contributed by atoms with E-state index >= 15 is 0 Å². The molecule has 1 aliphatic carbocycles. The number of halogens is 1. The largest absolute Gasteiger partial charge is 0.253 e. The van der Waals surface area contributed by atoms with Gasteiger partial charge in [0.2, 0.25) is 0 Å². The highest BCUT2D eigenvalue weighted by atomic mass is 19.1. The average Bonchev–Trinajstić information content (AvgIpc) is 3.21. The SMILES string of the molecule is Cc1cc(-c2cnn3cc(C4CCCCC(C)CCC4)cnc23)c2cc(F)ccc2n1. The topological polar surface area (TPSA) is 43.1 Å². The molecule has 0 saturated heterocycles. The molecule has 160 valence electrons. The van der Waals surface area contributed by atoms with Gasteiger partial charge in [-0.3, -0.25) is 4.98 Å². The first-order valence-electron chi connectivity index (χ1n) is 11.5. The van der Waals surface area contributed by atoms with Gasteiger partial charge in [0.05, 0.1) is 11.7 Å². The lowest BCUT2D eigenvalue weighted by Gasteiger charge is -2.16. The Bertz CT molecular complexity index is 1230. The summed E-state index contributed by atoms with van der Waals surface area (Å²) in [6.45, 7) is 4.34. The van der Waals surface area contributed by atoms with Gasteiger partial charge in [-0.1, -0.05) is 39.0 Å². The van der Waals surface area contributed by atoms with Crippen molar-refractivity contribution in [2.45, 2.75) is 64.7 Å². The van der Waals surface area contributed by atoms with Crippen molar-refractivity contribution in [3.05, 3.63) is 59.9 Å². The van der Waals surface area contributed by atoms with Gasteiger partial charge in [-0.25, -0.2) is 13.9 Å². The number of hydrogen-bond acceptors (Lipinski definition) is 3. The molecule has 2 atom stereocenters. The lowest BCUT2D eigenvalue weighted by molar-refractivity contribution is 0.462. The van der Waals surface area contributed by atoms with Crippen LogP contribution in [-0.4, -0.2) is 19.6 Å². The first kappa shape index (κ1) is 20.1. The molecule has 1 saturated carbocycles. The Balaban J connectivity index is 1.53. The van der Waals surface area contributed by atoms with Crippen LogP contribution < -0.4 is 0 Å². The molecule has 3 aromatic heterocycles. The molecule has 3 heterocycles. The predicted octanol–water partition coefficient (Wildman–Crippen LogP) is 6.86. The highest BCUT2D eigenvalue weighted by Gasteiger charge is 2.18. The Hall–Kier alpha value is -2.82. The van der Waals surface area contributed by atoms with Crippen molar-refractivity contribution >= 4 is 16.6 Å². The van der Waals surface area contributed by atoms with Gasteiger partial charge in [-0.15, -0.1) is 0 Å². The maximum Gasteiger partial charge on any atom is 0.162 e. The van der Waals surface area contributed by atoms with Crippen LogP contribution in [0.1, 0.15) is 69.0 Å². The number of rotatable bonds is 2. The number of nitrogens with zero attached hydrogens (tertiary/aromatic N) is 4. The summed E-state index contributed by atoms with van der Waals surface area (Å²) in [5, 5.41) is 5.41. The number of aromatic nitrogens is 4. The van der Waals surface area contributed by atoms with E-state index in [1.807, 2.05) is 29.9 Å². The fourth-order valence-corrected chi connectivity index (χ4v) is 5.06. The Morgan fingerprint density at radius 2 is 1.77 bits per heavy atom. The Labute approximate surface area is 182 Å². The van der Waals surface area contributed by atoms with Gasteiger partial charge in [0.1, 0.15) is 5.82 Å². The Morgan fingerprint density at radius 3 is 2.68 bits per heavy atom. The zero-order chi connectivity index (χ0) is 21.4. The predicted molar refractivity (Wildman–Crippen MR) is 123 cm³/mol. The third-order valence-electron chi connectivity index (χ3n) is 6.79. The molecular formula is C26H29FN4. The van der Waals surface area contributed by atoms with Crippen LogP contribution in [0.3, 0.4) is 0 Å². The lowest BCUT2D eigenvalue weighted by Crippen LogP contribution is -2.03. The molecule has 0 bridgehead atoms. The highest BCUT2D eigenvalue weighted by Crippen LogP contribution is 2.34. The van der Waals surface area contributed by atoms with Crippen molar-refractivity contribution in [3.63, 3.8) is 0 Å². The van der Waals surface area contributed by atoms with Crippen LogP contribution in [-0.2, 0) is 0 Å². The fourth-order valence-electron chi connectivity index (χ4n) is 5.06. The van der Waals surface area contributed by atoms with Crippen LogP contribution in [0, 0.1) is 18.7 Å². The average molecular weight is 417 g/mol. The summed E-state index contributed by atoms with van der Waals surface area (Å²) < 4.78 is 15.9. The molecule has 4 aromatic rings. The van der Waals surface area contributed by atoms with Crippen LogP contribution in [0.15, 0.2) is 42.9 Å². The molecule has 0 amide bonds. The minimum absolute atomic E-state index is 0.263. The van der Waals surface area contributed by atoms with Crippen LogP contribution >= 0.6 is 0 Å². The zero-order valence-corrected chi connectivity index (χ0v) is 18.3. The molecule has 0 spiro atoms. The van der Waals surface area contributed by atoms with Crippen molar-refractivity contribution in [1.29, 1.82) is 0 Å². The molecule has 2 unspecified atom stereocenters. The molecule has 0 aliphatic heterocycles. The van der Waals surface area contributed by atoms with Crippen LogP contribution in [0.2, 0.25) is 0 Å².